The Bertz CT molecular complexity index is 735. The Hall–Kier alpha value is -2.53. The van der Waals surface area contributed by atoms with Gasteiger partial charge in [0, 0.05) is 5.56 Å². The van der Waals surface area contributed by atoms with E-state index in [9.17, 15) is 4.79 Å². The molecular formula is C21H26O4Si. The Morgan fingerprint density at radius 2 is 1.81 bits per heavy atom. The second kappa shape index (κ2) is 9.24. The van der Waals surface area contributed by atoms with Crippen molar-refractivity contribution >= 4 is 14.2 Å². The summed E-state index contributed by atoms with van der Waals surface area (Å²) in [6.07, 6.45) is 0.722. The molecule has 0 saturated heterocycles. The molecule has 138 valence electrons. The van der Waals surface area contributed by atoms with Crippen LogP contribution in [0.2, 0.25) is 19.6 Å². The van der Waals surface area contributed by atoms with Gasteiger partial charge in [-0.15, -0.1) is 0 Å². The number of carbonyl (C=O) groups is 1. The number of ether oxygens (including phenoxy) is 3. The standard InChI is InChI=1S/C21H26O4Si/c1-23-21(22)25-20(13-14-26(2,3)4)18-11-8-12-19(15-18)24-16-17-9-6-5-7-10-17/h5-15,20H,16H2,1-4H3. The molecule has 1 unspecified atom stereocenters. The minimum atomic E-state index is -1.43. The van der Waals surface area contributed by atoms with Crippen LogP contribution >= 0.6 is 0 Å². The number of rotatable bonds is 7. The van der Waals surface area contributed by atoms with E-state index in [0.717, 1.165) is 16.9 Å². The molecule has 5 heteroatoms. The van der Waals surface area contributed by atoms with Crippen LogP contribution < -0.4 is 4.74 Å². The van der Waals surface area contributed by atoms with Crippen molar-refractivity contribution in [2.45, 2.75) is 32.4 Å². The normalized spacial score (nSPS) is 12.6. The van der Waals surface area contributed by atoms with Gasteiger partial charge >= 0.3 is 6.16 Å². The molecule has 0 fully saturated rings. The van der Waals surface area contributed by atoms with Crippen molar-refractivity contribution in [2.75, 3.05) is 7.11 Å². The van der Waals surface area contributed by atoms with Gasteiger partial charge in [-0.3, -0.25) is 0 Å². The molecule has 0 aliphatic rings. The highest BCUT2D eigenvalue weighted by atomic mass is 28.3. The molecule has 0 aromatic heterocycles. The first kappa shape index (κ1) is 19.8. The molecule has 0 aliphatic heterocycles. The quantitative estimate of drug-likeness (QED) is 0.475. The fourth-order valence-corrected chi connectivity index (χ4v) is 3.02. The summed E-state index contributed by atoms with van der Waals surface area (Å²) in [5.41, 5.74) is 4.09. The number of carbonyl (C=O) groups excluding carboxylic acids is 1. The van der Waals surface area contributed by atoms with Crippen molar-refractivity contribution in [1.82, 2.24) is 0 Å². The van der Waals surface area contributed by atoms with Gasteiger partial charge in [-0.25, -0.2) is 4.79 Å². The van der Waals surface area contributed by atoms with E-state index in [-0.39, 0.29) is 0 Å². The van der Waals surface area contributed by atoms with Crippen LogP contribution in [-0.2, 0) is 16.1 Å². The molecule has 2 rings (SSSR count). The maximum atomic E-state index is 11.6. The third kappa shape index (κ3) is 6.76. The average molecular weight is 371 g/mol. The van der Waals surface area contributed by atoms with Crippen LogP contribution in [0.25, 0.3) is 0 Å². The maximum absolute atomic E-state index is 11.6. The number of hydrogen-bond donors (Lipinski definition) is 0. The lowest BCUT2D eigenvalue weighted by atomic mass is 10.1. The van der Waals surface area contributed by atoms with Crippen LogP contribution in [0.1, 0.15) is 17.2 Å². The summed E-state index contributed by atoms with van der Waals surface area (Å²) in [5.74, 6) is 0.728. The average Bonchev–Trinajstić information content (AvgIpc) is 2.63. The SMILES string of the molecule is COC(=O)OC(C=C[Si](C)(C)C)c1cccc(OCc2ccccc2)c1. The lowest BCUT2D eigenvalue weighted by molar-refractivity contribution is 0.0521. The number of benzene rings is 2. The third-order valence-electron chi connectivity index (χ3n) is 3.60. The zero-order valence-corrected chi connectivity index (χ0v) is 16.8. The van der Waals surface area contributed by atoms with Crippen molar-refractivity contribution in [3.8, 4) is 5.75 Å². The zero-order valence-electron chi connectivity index (χ0n) is 15.8. The van der Waals surface area contributed by atoms with Gasteiger partial charge in [-0.05, 0) is 23.8 Å². The van der Waals surface area contributed by atoms with Gasteiger partial charge in [0.05, 0.1) is 15.2 Å². The molecule has 0 heterocycles. The molecule has 0 spiro atoms. The molecule has 0 bridgehead atoms. The topological polar surface area (TPSA) is 44.8 Å². The van der Waals surface area contributed by atoms with Crippen LogP contribution in [0.5, 0.6) is 5.75 Å². The fraction of sp³-hybridized carbons (Fsp3) is 0.286. The Morgan fingerprint density at radius 1 is 1.08 bits per heavy atom. The number of hydrogen-bond acceptors (Lipinski definition) is 4. The van der Waals surface area contributed by atoms with Gasteiger partial charge in [0.25, 0.3) is 0 Å². The van der Waals surface area contributed by atoms with Crippen molar-refractivity contribution in [1.29, 1.82) is 0 Å². The van der Waals surface area contributed by atoms with Gasteiger partial charge in [0.1, 0.15) is 18.5 Å². The fourth-order valence-electron chi connectivity index (χ4n) is 2.27. The molecule has 0 N–H and O–H groups in total. The van der Waals surface area contributed by atoms with Crippen LogP contribution in [0, 0.1) is 0 Å². The summed E-state index contributed by atoms with van der Waals surface area (Å²) >= 11 is 0. The van der Waals surface area contributed by atoms with Crippen LogP contribution in [0.3, 0.4) is 0 Å². The van der Waals surface area contributed by atoms with Crippen molar-refractivity contribution in [3.63, 3.8) is 0 Å². The maximum Gasteiger partial charge on any atom is 0.508 e. The van der Waals surface area contributed by atoms with Gasteiger partial charge in [-0.1, -0.05) is 67.8 Å². The van der Waals surface area contributed by atoms with E-state index >= 15 is 0 Å². The highest BCUT2D eigenvalue weighted by Crippen LogP contribution is 2.25. The van der Waals surface area contributed by atoms with E-state index < -0.39 is 20.3 Å². The minimum absolute atomic E-state index is 0.484. The molecule has 2 aromatic carbocycles. The van der Waals surface area contributed by atoms with E-state index in [1.165, 1.54) is 7.11 Å². The largest absolute Gasteiger partial charge is 0.508 e. The minimum Gasteiger partial charge on any atom is -0.489 e. The smallest absolute Gasteiger partial charge is 0.489 e. The molecule has 26 heavy (non-hydrogen) atoms. The lowest BCUT2D eigenvalue weighted by Crippen LogP contribution is -2.17. The predicted octanol–water partition coefficient (Wildman–Crippen LogP) is 5.52. The summed E-state index contributed by atoms with van der Waals surface area (Å²) in [6.45, 7) is 7.14. The van der Waals surface area contributed by atoms with Crippen molar-refractivity contribution < 1.29 is 19.0 Å². The molecule has 4 nitrogen and oxygen atoms in total. The zero-order chi connectivity index (χ0) is 19.0. The van der Waals surface area contributed by atoms with Gasteiger partial charge in [-0.2, -0.15) is 0 Å². The monoisotopic (exact) mass is 370 g/mol. The molecular weight excluding hydrogens is 344 g/mol. The second-order valence-electron chi connectivity index (χ2n) is 7.06. The Kier molecular flexibility index (Phi) is 7.03. The summed E-state index contributed by atoms with van der Waals surface area (Å²) < 4.78 is 15.9. The van der Waals surface area contributed by atoms with Gasteiger partial charge in [0.15, 0.2) is 0 Å². The highest BCUT2D eigenvalue weighted by molar-refractivity contribution is 6.80. The molecule has 0 amide bonds. The van der Waals surface area contributed by atoms with E-state index in [0.29, 0.717) is 6.61 Å². The van der Waals surface area contributed by atoms with E-state index in [2.05, 4.69) is 30.1 Å². The summed E-state index contributed by atoms with van der Waals surface area (Å²) in [7, 11) is -0.124. The Morgan fingerprint density at radius 3 is 2.46 bits per heavy atom. The number of methoxy groups -OCH3 is 1. The first-order valence-corrected chi connectivity index (χ1v) is 12.2. The lowest BCUT2D eigenvalue weighted by Gasteiger charge is -2.17. The molecule has 2 aromatic rings. The van der Waals surface area contributed by atoms with Crippen LogP contribution in [-0.4, -0.2) is 21.3 Å². The molecule has 0 aliphatic carbocycles. The van der Waals surface area contributed by atoms with Gasteiger partial charge < -0.3 is 14.2 Å². The first-order valence-electron chi connectivity index (χ1n) is 8.58. The summed E-state index contributed by atoms with van der Waals surface area (Å²) in [4.78, 5) is 11.6. The Labute approximate surface area is 156 Å². The Balaban J connectivity index is 2.16. The van der Waals surface area contributed by atoms with E-state index in [4.69, 9.17) is 9.47 Å². The van der Waals surface area contributed by atoms with E-state index in [1.54, 1.807) is 0 Å². The van der Waals surface area contributed by atoms with E-state index in [1.807, 2.05) is 60.7 Å². The van der Waals surface area contributed by atoms with Gasteiger partial charge in [0.2, 0.25) is 0 Å². The summed E-state index contributed by atoms with van der Waals surface area (Å²) in [5, 5.41) is 0. The van der Waals surface area contributed by atoms with Crippen LogP contribution in [0.15, 0.2) is 66.4 Å². The predicted molar refractivity (Wildman–Crippen MR) is 106 cm³/mol. The van der Waals surface area contributed by atoms with Crippen molar-refractivity contribution in [2.24, 2.45) is 0 Å². The van der Waals surface area contributed by atoms with Crippen LogP contribution in [0.4, 0.5) is 4.79 Å². The van der Waals surface area contributed by atoms with Crippen molar-refractivity contribution in [3.05, 3.63) is 77.5 Å². The summed E-state index contributed by atoms with van der Waals surface area (Å²) in [6, 6.07) is 17.6. The second-order valence-corrected chi connectivity index (χ2v) is 12.1. The molecule has 0 radical (unpaired) electrons. The first-order chi connectivity index (χ1) is 12.4. The highest BCUT2D eigenvalue weighted by Gasteiger charge is 2.17. The third-order valence-corrected chi connectivity index (χ3v) is 4.79. The molecule has 1 atom stereocenters. The molecule has 0 saturated carbocycles.